The predicted octanol–water partition coefficient (Wildman–Crippen LogP) is 6.61. The SMILES string of the molecule is CCCC1CCC(c2cc(F)c3c(c2)Cc2ccc(F)cc2-3)CC1. The van der Waals surface area contributed by atoms with E-state index in [1.165, 1.54) is 50.7 Å². The Balaban J connectivity index is 1.61. The molecule has 4 rings (SSSR count). The van der Waals surface area contributed by atoms with E-state index in [0.29, 0.717) is 11.5 Å². The van der Waals surface area contributed by atoms with E-state index in [2.05, 4.69) is 13.0 Å². The number of rotatable bonds is 3. The lowest BCUT2D eigenvalue weighted by atomic mass is 9.77. The van der Waals surface area contributed by atoms with Crippen molar-refractivity contribution in [2.45, 2.75) is 57.8 Å². The summed E-state index contributed by atoms with van der Waals surface area (Å²) in [6, 6.07) is 8.63. The average molecular weight is 326 g/mol. The van der Waals surface area contributed by atoms with E-state index in [-0.39, 0.29) is 11.6 Å². The number of halogens is 2. The van der Waals surface area contributed by atoms with Crippen LogP contribution in [0.1, 0.15) is 68.1 Å². The standard InChI is InChI=1S/C22H24F2/c1-2-3-14-4-6-15(7-5-14)17-11-18-10-16-8-9-19(23)13-20(16)22(18)21(24)12-17/h8-9,11-15H,2-7,10H2,1H3. The molecular formula is C22H24F2. The largest absolute Gasteiger partial charge is 0.207 e. The lowest BCUT2D eigenvalue weighted by Crippen LogP contribution is -2.13. The van der Waals surface area contributed by atoms with Crippen molar-refractivity contribution >= 4 is 0 Å². The minimum atomic E-state index is -0.292. The highest BCUT2D eigenvalue weighted by molar-refractivity contribution is 5.77. The molecule has 2 aromatic rings. The van der Waals surface area contributed by atoms with Gasteiger partial charge >= 0.3 is 0 Å². The molecular weight excluding hydrogens is 302 g/mol. The molecule has 0 N–H and O–H groups in total. The van der Waals surface area contributed by atoms with Crippen LogP contribution in [0.15, 0.2) is 30.3 Å². The second-order valence-corrected chi connectivity index (χ2v) is 7.52. The third kappa shape index (κ3) is 2.76. The Hall–Kier alpha value is -1.70. The smallest absolute Gasteiger partial charge is 0.131 e. The summed E-state index contributed by atoms with van der Waals surface area (Å²) in [6.45, 7) is 2.25. The Bertz CT molecular complexity index is 755. The summed E-state index contributed by atoms with van der Waals surface area (Å²) in [5.74, 6) is 0.873. The molecule has 1 saturated carbocycles. The van der Waals surface area contributed by atoms with Gasteiger partial charge in [-0.05, 0) is 84.4 Å². The van der Waals surface area contributed by atoms with Gasteiger partial charge in [-0.1, -0.05) is 31.9 Å². The normalized spacial score (nSPS) is 22.3. The zero-order chi connectivity index (χ0) is 16.7. The van der Waals surface area contributed by atoms with Crippen LogP contribution in [0.3, 0.4) is 0 Å². The van der Waals surface area contributed by atoms with Crippen LogP contribution in [0.5, 0.6) is 0 Å². The van der Waals surface area contributed by atoms with Gasteiger partial charge in [0, 0.05) is 5.56 Å². The molecule has 0 unspecified atom stereocenters. The van der Waals surface area contributed by atoms with Crippen LogP contribution in [-0.4, -0.2) is 0 Å². The Labute approximate surface area is 142 Å². The Morgan fingerprint density at radius 2 is 1.75 bits per heavy atom. The van der Waals surface area contributed by atoms with Gasteiger partial charge in [0.05, 0.1) is 0 Å². The molecule has 0 amide bonds. The van der Waals surface area contributed by atoms with Gasteiger partial charge in [0.15, 0.2) is 0 Å². The summed E-state index contributed by atoms with van der Waals surface area (Å²) in [7, 11) is 0. The van der Waals surface area contributed by atoms with Crippen LogP contribution in [0, 0.1) is 17.6 Å². The maximum absolute atomic E-state index is 14.8. The van der Waals surface area contributed by atoms with Gasteiger partial charge in [0.2, 0.25) is 0 Å². The molecule has 1 fully saturated rings. The second-order valence-electron chi connectivity index (χ2n) is 7.52. The number of hydrogen-bond acceptors (Lipinski definition) is 0. The van der Waals surface area contributed by atoms with E-state index in [9.17, 15) is 8.78 Å². The van der Waals surface area contributed by atoms with Crippen molar-refractivity contribution in [1.82, 2.24) is 0 Å². The van der Waals surface area contributed by atoms with Crippen LogP contribution in [0.25, 0.3) is 11.1 Å². The van der Waals surface area contributed by atoms with Crippen molar-refractivity contribution in [3.8, 4) is 11.1 Å². The summed E-state index contributed by atoms with van der Waals surface area (Å²) < 4.78 is 28.3. The van der Waals surface area contributed by atoms with E-state index in [1.807, 2.05) is 0 Å². The minimum Gasteiger partial charge on any atom is -0.207 e. The molecule has 0 spiro atoms. The highest BCUT2D eigenvalue weighted by Gasteiger charge is 2.27. The molecule has 0 radical (unpaired) electrons. The molecule has 0 bridgehead atoms. The maximum Gasteiger partial charge on any atom is 0.131 e. The van der Waals surface area contributed by atoms with Crippen molar-refractivity contribution < 1.29 is 8.78 Å². The fraction of sp³-hybridized carbons (Fsp3) is 0.455. The zero-order valence-electron chi connectivity index (χ0n) is 14.2. The van der Waals surface area contributed by atoms with Gasteiger partial charge in [0.1, 0.15) is 11.6 Å². The molecule has 126 valence electrons. The van der Waals surface area contributed by atoms with Crippen LogP contribution >= 0.6 is 0 Å². The van der Waals surface area contributed by atoms with Gasteiger partial charge in [-0.25, -0.2) is 8.78 Å². The lowest BCUT2D eigenvalue weighted by molar-refractivity contribution is 0.308. The first-order valence-electron chi connectivity index (χ1n) is 9.26. The molecule has 0 aromatic heterocycles. The molecule has 2 aliphatic carbocycles. The topological polar surface area (TPSA) is 0 Å². The Morgan fingerprint density at radius 3 is 2.50 bits per heavy atom. The van der Waals surface area contributed by atoms with E-state index in [0.717, 1.165) is 34.6 Å². The number of benzene rings is 2. The summed E-state index contributed by atoms with van der Waals surface area (Å²) in [4.78, 5) is 0. The van der Waals surface area contributed by atoms with Crippen LogP contribution in [0.4, 0.5) is 8.78 Å². The molecule has 0 aliphatic heterocycles. The molecule has 0 atom stereocenters. The van der Waals surface area contributed by atoms with Crippen molar-refractivity contribution in [3.05, 3.63) is 58.7 Å². The van der Waals surface area contributed by atoms with Crippen LogP contribution in [-0.2, 0) is 6.42 Å². The fourth-order valence-corrected chi connectivity index (χ4v) is 4.70. The first-order valence-corrected chi connectivity index (χ1v) is 9.26. The van der Waals surface area contributed by atoms with E-state index in [4.69, 9.17) is 0 Å². The van der Waals surface area contributed by atoms with Gasteiger partial charge in [-0.2, -0.15) is 0 Å². The number of hydrogen-bond donors (Lipinski definition) is 0. The maximum atomic E-state index is 14.8. The fourth-order valence-electron chi connectivity index (χ4n) is 4.70. The first-order chi connectivity index (χ1) is 11.7. The van der Waals surface area contributed by atoms with Crippen molar-refractivity contribution in [2.75, 3.05) is 0 Å². The Morgan fingerprint density at radius 1 is 0.958 bits per heavy atom. The van der Waals surface area contributed by atoms with Crippen molar-refractivity contribution in [3.63, 3.8) is 0 Å². The molecule has 0 saturated heterocycles. The van der Waals surface area contributed by atoms with Gasteiger partial charge in [0.25, 0.3) is 0 Å². The minimum absolute atomic E-state index is 0.178. The van der Waals surface area contributed by atoms with Gasteiger partial charge < -0.3 is 0 Å². The van der Waals surface area contributed by atoms with E-state index >= 15 is 0 Å². The predicted molar refractivity (Wildman–Crippen MR) is 94.2 cm³/mol. The lowest BCUT2D eigenvalue weighted by Gasteiger charge is -2.29. The summed E-state index contributed by atoms with van der Waals surface area (Å²) in [6.07, 6.45) is 8.19. The quantitative estimate of drug-likeness (QED) is 0.508. The monoisotopic (exact) mass is 326 g/mol. The molecule has 0 heterocycles. The van der Waals surface area contributed by atoms with Crippen molar-refractivity contribution in [1.29, 1.82) is 0 Å². The zero-order valence-corrected chi connectivity index (χ0v) is 14.2. The molecule has 0 nitrogen and oxygen atoms in total. The summed E-state index contributed by atoms with van der Waals surface area (Å²) in [5.41, 5.74) is 4.57. The van der Waals surface area contributed by atoms with Gasteiger partial charge in [-0.3, -0.25) is 0 Å². The highest BCUT2D eigenvalue weighted by Crippen LogP contribution is 2.43. The Kier molecular flexibility index (Phi) is 4.15. The van der Waals surface area contributed by atoms with Crippen LogP contribution in [0.2, 0.25) is 0 Å². The second kappa shape index (κ2) is 6.31. The first kappa shape index (κ1) is 15.8. The van der Waals surface area contributed by atoms with Crippen LogP contribution < -0.4 is 0 Å². The van der Waals surface area contributed by atoms with Crippen molar-refractivity contribution in [2.24, 2.45) is 5.92 Å². The molecule has 24 heavy (non-hydrogen) atoms. The highest BCUT2D eigenvalue weighted by atomic mass is 19.1. The third-order valence-electron chi connectivity index (χ3n) is 5.93. The summed E-state index contributed by atoms with van der Waals surface area (Å²) >= 11 is 0. The van der Waals surface area contributed by atoms with E-state index < -0.39 is 0 Å². The third-order valence-corrected chi connectivity index (χ3v) is 5.93. The summed E-state index contributed by atoms with van der Waals surface area (Å²) in [5, 5.41) is 0. The van der Waals surface area contributed by atoms with Gasteiger partial charge in [-0.15, -0.1) is 0 Å². The number of fused-ring (bicyclic) bond motifs is 3. The molecule has 2 aliphatic rings. The molecule has 2 heteroatoms. The van der Waals surface area contributed by atoms with E-state index in [1.54, 1.807) is 12.1 Å². The molecule has 2 aromatic carbocycles. The average Bonchev–Trinajstić information content (AvgIpc) is 2.94.